The van der Waals surface area contributed by atoms with E-state index in [4.69, 9.17) is 0 Å². The fourth-order valence-electron chi connectivity index (χ4n) is 2.39. The molecule has 0 saturated carbocycles. The number of fused-ring (bicyclic) bond motifs is 3. The molecule has 0 aliphatic rings. The number of rotatable bonds is 1. The van der Waals surface area contributed by atoms with E-state index in [0.717, 1.165) is 0 Å². The van der Waals surface area contributed by atoms with Gasteiger partial charge in [-0.3, -0.25) is 0 Å². The highest BCUT2D eigenvalue weighted by Crippen LogP contribution is 2.38. The molecule has 0 heterocycles. The molecule has 0 radical (unpaired) electrons. The number of aromatic carboxylic acids is 1. The van der Waals surface area contributed by atoms with E-state index in [9.17, 15) is 19.4 Å². The molecule has 0 unspecified atom stereocenters. The average Bonchev–Trinajstić information content (AvgIpc) is 2.38. The molecule has 3 rings (SSSR count). The van der Waals surface area contributed by atoms with Crippen LogP contribution in [0.3, 0.4) is 0 Å². The van der Waals surface area contributed by atoms with Crippen LogP contribution in [-0.4, -0.2) is 16.2 Å². The second-order valence-electron chi connectivity index (χ2n) is 4.24. The van der Waals surface area contributed by atoms with Crippen LogP contribution >= 0.6 is 0 Å². The molecule has 0 fully saturated rings. The van der Waals surface area contributed by atoms with Crippen molar-refractivity contribution in [1.82, 2.24) is 0 Å². The van der Waals surface area contributed by atoms with E-state index in [1.165, 1.54) is 18.2 Å². The van der Waals surface area contributed by atoms with Gasteiger partial charge in [-0.1, -0.05) is 36.4 Å². The molecule has 0 aromatic heterocycles. The van der Waals surface area contributed by atoms with Crippen molar-refractivity contribution in [2.45, 2.75) is 0 Å². The molecule has 2 N–H and O–H groups in total. The third kappa shape index (κ3) is 1.53. The minimum absolute atomic E-state index is 0.198. The molecule has 3 nitrogen and oxygen atoms in total. The molecule has 0 aliphatic heterocycles. The molecule has 3 aromatic carbocycles. The third-order valence-electron chi connectivity index (χ3n) is 3.19. The van der Waals surface area contributed by atoms with Gasteiger partial charge in [0.05, 0.1) is 0 Å². The summed E-state index contributed by atoms with van der Waals surface area (Å²) in [5.74, 6) is -2.11. The summed E-state index contributed by atoms with van der Waals surface area (Å²) in [6.45, 7) is 0. The van der Waals surface area contributed by atoms with Crippen LogP contribution < -0.4 is 0 Å². The van der Waals surface area contributed by atoms with Crippen molar-refractivity contribution >= 4 is 27.5 Å². The minimum Gasteiger partial charge on any atom is -0.506 e. The van der Waals surface area contributed by atoms with Gasteiger partial charge >= 0.3 is 5.97 Å². The van der Waals surface area contributed by atoms with Crippen molar-refractivity contribution < 1.29 is 19.4 Å². The van der Waals surface area contributed by atoms with Crippen molar-refractivity contribution in [1.29, 1.82) is 0 Å². The third-order valence-corrected chi connectivity index (χ3v) is 3.19. The number of aromatic hydroxyl groups is 1. The summed E-state index contributed by atoms with van der Waals surface area (Å²) >= 11 is 0. The Morgan fingerprint density at radius 1 is 0.947 bits per heavy atom. The van der Waals surface area contributed by atoms with Gasteiger partial charge in [-0.05, 0) is 11.5 Å². The molecular formula is C15H9FO3. The van der Waals surface area contributed by atoms with Crippen molar-refractivity contribution in [3.8, 4) is 5.75 Å². The first-order valence-corrected chi connectivity index (χ1v) is 5.66. The molecule has 0 atom stereocenters. The number of carbonyl (C=O) groups is 1. The number of hydrogen-bond acceptors (Lipinski definition) is 2. The number of hydrogen-bond donors (Lipinski definition) is 2. The van der Waals surface area contributed by atoms with E-state index >= 15 is 0 Å². The van der Waals surface area contributed by atoms with E-state index in [-0.39, 0.29) is 22.1 Å². The summed E-state index contributed by atoms with van der Waals surface area (Å²) in [7, 11) is 0. The summed E-state index contributed by atoms with van der Waals surface area (Å²) in [4.78, 5) is 11.3. The molecule has 0 aliphatic carbocycles. The quantitative estimate of drug-likeness (QED) is 0.655. The van der Waals surface area contributed by atoms with Crippen LogP contribution in [0.5, 0.6) is 5.75 Å². The highest BCUT2D eigenvalue weighted by atomic mass is 19.1. The summed E-state index contributed by atoms with van der Waals surface area (Å²) in [6.07, 6.45) is 0. The largest absolute Gasteiger partial charge is 0.506 e. The summed E-state index contributed by atoms with van der Waals surface area (Å²) in [5, 5.41) is 20.6. The zero-order valence-corrected chi connectivity index (χ0v) is 9.72. The van der Waals surface area contributed by atoms with Crippen molar-refractivity contribution in [2.24, 2.45) is 0 Å². The molecule has 3 aromatic rings. The highest BCUT2D eigenvalue weighted by molar-refractivity contribution is 6.19. The predicted octanol–water partition coefficient (Wildman–Crippen LogP) is 3.54. The van der Waals surface area contributed by atoms with Gasteiger partial charge in [0.1, 0.15) is 17.1 Å². The molecule has 0 amide bonds. The number of halogens is 1. The van der Waals surface area contributed by atoms with E-state index in [2.05, 4.69) is 0 Å². The second kappa shape index (κ2) is 3.95. The monoisotopic (exact) mass is 256 g/mol. The van der Waals surface area contributed by atoms with Crippen LogP contribution in [0.15, 0.2) is 42.5 Å². The highest BCUT2D eigenvalue weighted by Gasteiger charge is 2.20. The van der Waals surface area contributed by atoms with Crippen LogP contribution in [0.4, 0.5) is 4.39 Å². The topological polar surface area (TPSA) is 57.5 Å². The van der Waals surface area contributed by atoms with Gasteiger partial charge in [0.15, 0.2) is 0 Å². The van der Waals surface area contributed by atoms with Crippen molar-refractivity contribution in [3.63, 3.8) is 0 Å². The number of carboxylic acid groups (broad SMARTS) is 1. The Labute approximate surface area is 107 Å². The Morgan fingerprint density at radius 2 is 1.58 bits per heavy atom. The Kier molecular flexibility index (Phi) is 2.38. The summed E-state index contributed by atoms with van der Waals surface area (Å²) in [5.41, 5.74) is -0.270. The van der Waals surface area contributed by atoms with E-state index in [1.54, 1.807) is 24.3 Å². The first-order valence-electron chi connectivity index (χ1n) is 5.66. The Balaban J connectivity index is 2.71. The zero-order chi connectivity index (χ0) is 13.6. The predicted molar refractivity (Wildman–Crippen MR) is 70.0 cm³/mol. The Bertz CT molecular complexity index is 824. The lowest BCUT2D eigenvalue weighted by Gasteiger charge is -2.11. The van der Waals surface area contributed by atoms with Gasteiger partial charge in [0.2, 0.25) is 0 Å². The fraction of sp³-hybridized carbons (Fsp3) is 0. The van der Waals surface area contributed by atoms with Gasteiger partial charge in [-0.25, -0.2) is 9.18 Å². The van der Waals surface area contributed by atoms with Crippen LogP contribution in [0.2, 0.25) is 0 Å². The molecule has 94 valence electrons. The van der Waals surface area contributed by atoms with Gasteiger partial charge in [0.25, 0.3) is 0 Å². The lowest BCUT2D eigenvalue weighted by Crippen LogP contribution is -2.00. The molecule has 4 heteroatoms. The van der Waals surface area contributed by atoms with Crippen LogP contribution in [0, 0.1) is 5.82 Å². The molecular weight excluding hydrogens is 247 g/mol. The van der Waals surface area contributed by atoms with Crippen LogP contribution in [0.25, 0.3) is 21.5 Å². The first-order chi connectivity index (χ1) is 9.11. The molecule has 0 bridgehead atoms. The van der Waals surface area contributed by atoms with Crippen molar-refractivity contribution in [3.05, 3.63) is 53.8 Å². The lowest BCUT2D eigenvalue weighted by atomic mass is 9.95. The maximum Gasteiger partial charge on any atom is 0.340 e. The SMILES string of the molecule is O=C(O)c1c(O)c2ccccc2c2c(F)cccc12. The number of carboxylic acids is 1. The van der Waals surface area contributed by atoms with E-state index < -0.39 is 11.8 Å². The van der Waals surface area contributed by atoms with Crippen LogP contribution in [-0.2, 0) is 0 Å². The van der Waals surface area contributed by atoms with E-state index in [1.807, 2.05) is 0 Å². The first kappa shape index (κ1) is 11.5. The smallest absolute Gasteiger partial charge is 0.340 e. The number of benzene rings is 3. The second-order valence-corrected chi connectivity index (χ2v) is 4.24. The van der Waals surface area contributed by atoms with Gasteiger partial charge in [-0.15, -0.1) is 0 Å². The van der Waals surface area contributed by atoms with E-state index in [0.29, 0.717) is 10.8 Å². The molecule has 0 spiro atoms. The molecule has 19 heavy (non-hydrogen) atoms. The maximum atomic E-state index is 14.0. The summed E-state index contributed by atoms with van der Waals surface area (Å²) in [6, 6.07) is 10.8. The van der Waals surface area contributed by atoms with Gasteiger partial charge in [0, 0.05) is 16.2 Å². The van der Waals surface area contributed by atoms with Gasteiger partial charge < -0.3 is 10.2 Å². The standard InChI is InChI=1S/C15H9FO3/c16-11-7-3-6-10-12(11)8-4-1-2-5-9(8)14(17)13(10)15(18)19/h1-7,17H,(H,18,19). The molecule has 0 saturated heterocycles. The van der Waals surface area contributed by atoms with Crippen LogP contribution in [0.1, 0.15) is 10.4 Å². The lowest BCUT2D eigenvalue weighted by molar-refractivity contribution is 0.0696. The average molecular weight is 256 g/mol. The van der Waals surface area contributed by atoms with Crippen molar-refractivity contribution in [2.75, 3.05) is 0 Å². The van der Waals surface area contributed by atoms with Gasteiger partial charge in [-0.2, -0.15) is 0 Å². The maximum absolute atomic E-state index is 14.0. The Morgan fingerprint density at radius 3 is 2.26 bits per heavy atom. The Hall–Kier alpha value is -2.62. The minimum atomic E-state index is -1.28. The normalized spacial score (nSPS) is 11.0. The summed E-state index contributed by atoms with van der Waals surface area (Å²) < 4.78 is 14.0. The fourth-order valence-corrected chi connectivity index (χ4v) is 2.39. The number of phenols is 1. The zero-order valence-electron chi connectivity index (χ0n) is 9.72.